The van der Waals surface area contributed by atoms with Gasteiger partial charge in [-0.05, 0) is 30.2 Å². The van der Waals surface area contributed by atoms with E-state index in [9.17, 15) is 9.59 Å². The lowest BCUT2D eigenvalue weighted by molar-refractivity contribution is -0.136. The number of aromatic nitrogens is 1. The maximum Gasteiger partial charge on any atom is 0.307 e. The largest absolute Gasteiger partial charge is 0.481 e. The lowest BCUT2D eigenvalue weighted by Gasteiger charge is -2.09. The number of rotatable bonds is 5. The molecule has 2 rings (SSSR count). The van der Waals surface area contributed by atoms with E-state index < -0.39 is 5.97 Å². The van der Waals surface area contributed by atoms with Crippen molar-refractivity contribution in [3.05, 3.63) is 65.0 Å². The Morgan fingerprint density at radius 3 is 2.57 bits per heavy atom. The highest BCUT2D eigenvalue weighted by Gasteiger charge is 2.09. The van der Waals surface area contributed by atoms with Gasteiger partial charge in [-0.25, -0.2) is 0 Å². The molecule has 0 saturated heterocycles. The zero-order valence-corrected chi connectivity index (χ0v) is 11.7. The molecule has 1 heterocycles. The Kier molecular flexibility index (Phi) is 4.66. The highest BCUT2D eigenvalue weighted by atomic mass is 16.4. The van der Waals surface area contributed by atoms with Gasteiger partial charge in [0.05, 0.1) is 6.42 Å². The number of carbonyl (C=O) groups excluding carboxylic acids is 1. The monoisotopic (exact) mass is 284 g/mol. The van der Waals surface area contributed by atoms with Gasteiger partial charge in [0.15, 0.2) is 0 Å². The average molecular weight is 284 g/mol. The highest BCUT2D eigenvalue weighted by molar-refractivity contribution is 5.94. The number of nitrogens with zero attached hydrogens (tertiary/aromatic N) is 1. The molecule has 0 atom stereocenters. The van der Waals surface area contributed by atoms with Gasteiger partial charge in [0.25, 0.3) is 5.91 Å². The summed E-state index contributed by atoms with van der Waals surface area (Å²) in [5, 5.41) is 11.7. The summed E-state index contributed by atoms with van der Waals surface area (Å²) in [7, 11) is 0. The number of hydrogen-bond donors (Lipinski definition) is 2. The quantitative estimate of drug-likeness (QED) is 0.879. The van der Waals surface area contributed by atoms with Gasteiger partial charge < -0.3 is 10.4 Å². The standard InChI is InChI=1S/C16H16N2O3/c1-11-8-13(6-7-17-11)16(21)18-10-14-5-3-2-4-12(14)9-15(19)20/h2-8H,9-10H2,1H3,(H,18,21)(H,19,20). The number of hydrogen-bond acceptors (Lipinski definition) is 3. The SMILES string of the molecule is Cc1cc(C(=O)NCc2ccccc2CC(=O)O)ccn1. The van der Waals surface area contributed by atoms with Crippen molar-refractivity contribution in [2.45, 2.75) is 19.9 Å². The number of benzene rings is 1. The normalized spacial score (nSPS) is 10.1. The molecule has 2 N–H and O–H groups in total. The molecule has 0 aliphatic heterocycles. The molecule has 0 unspecified atom stereocenters. The van der Waals surface area contributed by atoms with Crippen LogP contribution in [-0.2, 0) is 17.8 Å². The van der Waals surface area contributed by atoms with E-state index in [2.05, 4.69) is 10.3 Å². The third-order valence-electron chi connectivity index (χ3n) is 3.06. The number of aliphatic carboxylic acids is 1. The lowest BCUT2D eigenvalue weighted by atomic mass is 10.0. The number of aryl methyl sites for hydroxylation is 1. The minimum absolute atomic E-state index is 0.0551. The molecule has 0 saturated carbocycles. The first kappa shape index (κ1) is 14.7. The number of carbonyl (C=O) groups is 2. The van der Waals surface area contributed by atoms with E-state index in [4.69, 9.17) is 5.11 Å². The van der Waals surface area contributed by atoms with Gasteiger partial charge in [-0.3, -0.25) is 14.6 Å². The topological polar surface area (TPSA) is 79.3 Å². The van der Waals surface area contributed by atoms with E-state index in [1.54, 1.807) is 30.5 Å². The van der Waals surface area contributed by atoms with Crippen molar-refractivity contribution < 1.29 is 14.7 Å². The molecule has 0 aliphatic rings. The van der Waals surface area contributed by atoms with Crippen LogP contribution in [0.5, 0.6) is 0 Å². The second-order valence-corrected chi connectivity index (χ2v) is 4.71. The van der Waals surface area contributed by atoms with Crippen molar-refractivity contribution in [2.24, 2.45) is 0 Å². The van der Waals surface area contributed by atoms with Crippen LogP contribution in [0, 0.1) is 6.92 Å². The fraction of sp³-hybridized carbons (Fsp3) is 0.188. The Labute approximate surface area is 122 Å². The summed E-state index contributed by atoms with van der Waals surface area (Å²) in [6.07, 6.45) is 1.53. The van der Waals surface area contributed by atoms with Gasteiger partial charge in [0.2, 0.25) is 0 Å². The van der Waals surface area contributed by atoms with E-state index in [1.165, 1.54) is 0 Å². The molecule has 0 aliphatic carbocycles. The van der Waals surface area contributed by atoms with Gasteiger partial charge in [0.1, 0.15) is 0 Å². The van der Waals surface area contributed by atoms with Crippen LogP contribution in [0.3, 0.4) is 0 Å². The van der Waals surface area contributed by atoms with Crippen LogP contribution in [0.15, 0.2) is 42.6 Å². The Balaban J connectivity index is 2.06. The minimum Gasteiger partial charge on any atom is -0.481 e. The number of nitrogens with one attached hydrogen (secondary N) is 1. The summed E-state index contributed by atoms with van der Waals surface area (Å²) in [6, 6.07) is 10.5. The molecule has 21 heavy (non-hydrogen) atoms. The zero-order valence-electron chi connectivity index (χ0n) is 11.7. The van der Waals surface area contributed by atoms with Crippen LogP contribution in [0.1, 0.15) is 27.2 Å². The van der Waals surface area contributed by atoms with Crippen LogP contribution in [-0.4, -0.2) is 22.0 Å². The van der Waals surface area contributed by atoms with Crippen molar-refractivity contribution in [3.8, 4) is 0 Å². The summed E-state index contributed by atoms with van der Waals surface area (Å²) < 4.78 is 0. The third kappa shape index (κ3) is 4.14. The molecule has 2 aromatic rings. The molecule has 5 heteroatoms. The summed E-state index contributed by atoms with van der Waals surface area (Å²) in [6.45, 7) is 2.11. The molecule has 108 valence electrons. The first-order chi connectivity index (χ1) is 10.1. The smallest absolute Gasteiger partial charge is 0.307 e. The van der Waals surface area contributed by atoms with Gasteiger partial charge in [-0.2, -0.15) is 0 Å². The van der Waals surface area contributed by atoms with E-state index >= 15 is 0 Å². The Bertz CT molecular complexity index is 668. The predicted octanol–water partition coefficient (Wildman–Crippen LogP) is 1.95. The van der Waals surface area contributed by atoms with E-state index in [1.807, 2.05) is 19.1 Å². The molecule has 1 aromatic heterocycles. The van der Waals surface area contributed by atoms with Gasteiger partial charge in [-0.15, -0.1) is 0 Å². The first-order valence-electron chi connectivity index (χ1n) is 6.55. The maximum atomic E-state index is 12.0. The van der Waals surface area contributed by atoms with Gasteiger partial charge in [0, 0.05) is 24.0 Å². The Morgan fingerprint density at radius 2 is 1.90 bits per heavy atom. The second-order valence-electron chi connectivity index (χ2n) is 4.71. The van der Waals surface area contributed by atoms with Crippen LogP contribution in [0.2, 0.25) is 0 Å². The fourth-order valence-corrected chi connectivity index (χ4v) is 2.03. The van der Waals surface area contributed by atoms with Crippen LogP contribution < -0.4 is 5.32 Å². The van der Waals surface area contributed by atoms with Crippen molar-refractivity contribution >= 4 is 11.9 Å². The Morgan fingerprint density at radius 1 is 1.19 bits per heavy atom. The van der Waals surface area contributed by atoms with Gasteiger partial charge in [-0.1, -0.05) is 24.3 Å². The molecule has 5 nitrogen and oxygen atoms in total. The molecular weight excluding hydrogens is 268 g/mol. The van der Waals surface area contributed by atoms with Crippen LogP contribution in [0.25, 0.3) is 0 Å². The molecule has 0 fully saturated rings. The predicted molar refractivity (Wildman–Crippen MR) is 77.9 cm³/mol. The van der Waals surface area contributed by atoms with Crippen LogP contribution in [0.4, 0.5) is 0 Å². The first-order valence-corrected chi connectivity index (χ1v) is 6.55. The summed E-state index contributed by atoms with van der Waals surface area (Å²) in [5.74, 6) is -1.09. The maximum absolute atomic E-state index is 12.0. The summed E-state index contributed by atoms with van der Waals surface area (Å²) in [5.41, 5.74) is 2.82. The zero-order chi connectivity index (χ0) is 15.2. The number of carboxylic acid groups (broad SMARTS) is 1. The summed E-state index contributed by atoms with van der Waals surface area (Å²) in [4.78, 5) is 26.9. The molecule has 1 aromatic carbocycles. The number of carboxylic acids is 1. The second kappa shape index (κ2) is 6.65. The average Bonchev–Trinajstić information content (AvgIpc) is 2.45. The Hall–Kier alpha value is -2.69. The van der Waals surface area contributed by atoms with E-state index in [0.717, 1.165) is 11.3 Å². The molecular formula is C16H16N2O3. The van der Waals surface area contributed by atoms with E-state index in [-0.39, 0.29) is 12.3 Å². The van der Waals surface area contributed by atoms with Crippen molar-refractivity contribution in [1.82, 2.24) is 10.3 Å². The van der Waals surface area contributed by atoms with Crippen molar-refractivity contribution in [1.29, 1.82) is 0 Å². The third-order valence-corrected chi connectivity index (χ3v) is 3.06. The van der Waals surface area contributed by atoms with Crippen molar-refractivity contribution in [2.75, 3.05) is 0 Å². The summed E-state index contributed by atoms with van der Waals surface area (Å²) >= 11 is 0. The number of pyridine rings is 1. The van der Waals surface area contributed by atoms with E-state index in [0.29, 0.717) is 17.7 Å². The lowest BCUT2D eigenvalue weighted by Crippen LogP contribution is -2.23. The molecule has 1 amide bonds. The molecule has 0 radical (unpaired) electrons. The minimum atomic E-state index is -0.890. The van der Waals surface area contributed by atoms with Gasteiger partial charge >= 0.3 is 5.97 Å². The number of amides is 1. The molecule has 0 bridgehead atoms. The highest BCUT2D eigenvalue weighted by Crippen LogP contribution is 2.10. The van der Waals surface area contributed by atoms with Crippen molar-refractivity contribution in [3.63, 3.8) is 0 Å². The molecule has 0 spiro atoms. The fourth-order valence-electron chi connectivity index (χ4n) is 2.03. The van der Waals surface area contributed by atoms with Crippen LogP contribution >= 0.6 is 0 Å².